The van der Waals surface area contributed by atoms with E-state index < -0.39 is 0 Å². The quantitative estimate of drug-likeness (QED) is 0.866. The van der Waals surface area contributed by atoms with Crippen LogP contribution in [0.4, 0.5) is 0 Å². The van der Waals surface area contributed by atoms with E-state index in [1.165, 1.54) is 43.4 Å². The Kier molecular flexibility index (Phi) is 4.53. The Labute approximate surface area is 125 Å². The van der Waals surface area contributed by atoms with Crippen molar-refractivity contribution in [3.05, 3.63) is 40.6 Å². The molecule has 0 bridgehead atoms. The summed E-state index contributed by atoms with van der Waals surface area (Å²) < 4.78 is 2.13. The van der Waals surface area contributed by atoms with Crippen molar-refractivity contribution in [3.8, 4) is 0 Å². The van der Waals surface area contributed by atoms with Crippen molar-refractivity contribution in [2.75, 3.05) is 0 Å². The summed E-state index contributed by atoms with van der Waals surface area (Å²) in [6.07, 6.45) is 12.0. The van der Waals surface area contributed by atoms with Crippen molar-refractivity contribution in [3.63, 3.8) is 0 Å². The van der Waals surface area contributed by atoms with Gasteiger partial charge in [-0.15, -0.1) is 11.3 Å². The van der Waals surface area contributed by atoms with E-state index in [1.54, 1.807) is 0 Å². The van der Waals surface area contributed by atoms with Gasteiger partial charge in [0, 0.05) is 30.4 Å². The molecule has 0 amide bonds. The molecule has 0 spiro atoms. The van der Waals surface area contributed by atoms with E-state index in [2.05, 4.69) is 39.4 Å². The van der Waals surface area contributed by atoms with Crippen molar-refractivity contribution in [1.82, 2.24) is 14.9 Å². The molecule has 3 nitrogen and oxygen atoms in total. The molecule has 108 valence electrons. The summed E-state index contributed by atoms with van der Waals surface area (Å²) in [6, 6.07) is 5.21. The van der Waals surface area contributed by atoms with Gasteiger partial charge in [0.1, 0.15) is 11.9 Å². The molecule has 1 aliphatic rings. The van der Waals surface area contributed by atoms with Crippen LogP contribution < -0.4 is 5.32 Å². The topological polar surface area (TPSA) is 29.9 Å². The molecular formula is C16H23N3S. The van der Waals surface area contributed by atoms with Gasteiger partial charge in [-0.2, -0.15) is 0 Å². The second-order valence-electron chi connectivity index (χ2n) is 5.70. The highest BCUT2D eigenvalue weighted by Crippen LogP contribution is 2.27. The Balaban J connectivity index is 1.81. The van der Waals surface area contributed by atoms with E-state index in [9.17, 15) is 0 Å². The Morgan fingerprint density at radius 3 is 2.70 bits per heavy atom. The third-order valence-corrected chi connectivity index (χ3v) is 5.14. The van der Waals surface area contributed by atoms with Gasteiger partial charge in [0.15, 0.2) is 0 Å². The number of nitrogens with zero attached hydrogens (tertiary/aromatic N) is 2. The zero-order valence-corrected chi connectivity index (χ0v) is 12.9. The Bertz CT molecular complexity index is 510. The van der Waals surface area contributed by atoms with Crippen LogP contribution in [0.2, 0.25) is 0 Å². The number of aromatic nitrogens is 2. The van der Waals surface area contributed by atoms with Crippen molar-refractivity contribution >= 4 is 11.3 Å². The standard InChI is InChI=1S/C16H23N3S/c1-19-11-10-17-16(19)15(14-9-6-12-20-14)18-13-7-4-2-3-5-8-13/h6,9-13,15,18H,2-5,7-8H2,1H3. The lowest BCUT2D eigenvalue weighted by atomic mass is 10.1. The number of thiophene rings is 1. The average molecular weight is 289 g/mol. The molecule has 0 saturated heterocycles. The largest absolute Gasteiger partial charge is 0.336 e. The van der Waals surface area contributed by atoms with Gasteiger partial charge in [0.25, 0.3) is 0 Å². The fourth-order valence-corrected chi connectivity index (χ4v) is 3.86. The summed E-state index contributed by atoms with van der Waals surface area (Å²) in [5.74, 6) is 1.12. The summed E-state index contributed by atoms with van der Waals surface area (Å²) in [7, 11) is 2.08. The maximum absolute atomic E-state index is 4.57. The van der Waals surface area contributed by atoms with Crippen LogP contribution in [0.1, 0.15) is 55.3 Å². The van der Waals surface area contributed by atoms with Crippen LogP contribution in [0.15, 0.2) is 29.9 Å². The van der Waals surface area contributed by atoms with E-state index in [1.807, 2.05) is 23.7 Å². The second kappa shape index (κ2) is 6.55. The molecule has 2 aromatic heterocycles. The first-order chi connectivity index (χ1) is 9.84. The van der Waals surface area contributed by atoms with Crippen molar-refractivity contribution in [1.29, 1.82) is 0 Å². The molecular weight excluding hydrogens is 266 g/mol. The second-order valence-corrected chi connectivity index (χ2v) is 6.68. The smallest absolute Gasteiger partial charge is 0.131 e. The zero-order valence-electron chi connectivity index (χ0n) is 12.1. The third kappa shape index (κ3) is 3.13. The Morgan fingerprint density at radius 1 is 1.30 bits per heavy atom. The van der Waals surface area contributed by atoms with Crippen LogP contribution in [-0.4, -0.2) is 15.6 Å². The van der Waals surface area contributed by atoms with Gasteiger partial charge >= 0.3 is 0 Å². The summed E-state index contributed by atoms with van der Waals surface area (Å²) in [5.41, 5.74) is 0. The number of hydrogen-bond acceptors (Lipinski definition) is 3. The minimum Gasteiger partial charge on any atom is -0.336 e. The number of rotatable bonds is 4. The molecule has 1 saturated carbocycles. The lowest BCUT2D eigenvalue weighted by molar-refractivity contribution is 0.417. The molecule has 1 unspecified atom stereocenters. The van der Waals surface area contributed by atoms with Crippen LogP contribution in [-0.2, 0) is 7.05 Å². The monoisotopic (exact) mass is 289 g/mol. The normalized spacial score (nSPS) is 18.9. The van der Waals surface area contributed by atoms with Crippen LogP contribution in [0, 0.1) is 0 Å². The number of nitrogens with one attached hydrogen (secondary N) is 1. The molecule has 0 radical (unpaired) electrons. The Morgan fingerprint density at radius 2 is 2.10 bits per heavy atom. The lowest BCUT2D eigenvalue weighted by Gasteiger charge is -2.24. The van der Waals surface area contributed by atoms with E-state index in [0.29, 0.717) is 6.04 Å². The van der Waals surface area contributed by atoms with Gasteiger partial charge in [-0.3, -0.25) is 0 Å². The zero-order chi connectivity index (χ0) is 13.8. The molecule has 1 fully saturated rings. The number of imidazole rings is 1. The van der Waals surface area contributed by atoms with Gasteiger partial charge < -0.3 is 9.88 Å². The minimum atomic E-state index is 0.234. The molecule has 1 atom stereocenters. The van der Waals surface area contributed by atoms with E-state index in [4.69, 9.17) is 0 Å². The maximum atomic E-state index is 4.57. The fourth-order valence-electron chi connectivity index (χ4n) is 3.08. The van der Waals surface area contributed by atoms with Crippen molar-refractivity contribution in [2.45, 2.75) is 50.6 Å². The summed E-state index contributed by atoms with van der Waals surface area (Å²) in [4.78, 5) is 5.93. The molecule has 3 rings (SSSR count). The number of aryl methyl sites for hydroxylation is 1. The predicted octanol–water partition coefficient (Wildman–Crippen LogP) is 3.88. The molecule has 2 aromatic rings. The van der Waals surface area contributed by atoms with Crippen LogP contribution in [0.5, 0.6) is 0 Å². The lowest BCUT2D eigenvalue weighted by Crippen LogP contribution is -2.34. The molecule has 1 aliphatic carbocycles. The van der Waals surface area contributed by atoms with Gasteiger partial charge in [-0.25, -0.2) is 4.98 Å². The third-order valence-electron chi connectivity index (χ3n) is 4.20. The SMILES string of the molecule is Cn1ccnc1C(NC1CCCCCC1)c1cccs1. The maximum Gasteiger partial charge on any atom is 0.131 e. The summed E-state index contributed by atoms with van der Waals surface area (Å²) in [5, 5.41) is 6.02. The van der Waals surface area contributed by atoms with Gasteiger partial charge in [0.2, 0.25) is 0 Å². The summed E-state index contributed by atoms with van der Waals surface area (Å²) in [6.45, 7) is 0. The first-order valence-corrected chi connectivity index (χ1v) is 8.49. The van der Waals surface area contributed by atoms with Gasteiger partial charge in [-0.05, 0) is 24.3 Å². The van der Waals surface area contributed by atoms with Crippen molar-refractivity contribution < 1.29 is 0 Å². The van der Waals surface area contributed by atoms with Crippen LogP contribution in [0.25, 0.3) is 0 Å². The highest BCUT2D eigenvalue weighted by Gasteiger charge is 2.23. The van der Waals surface area contributed by atoms with Gasteiger partial charge in [-0.1, -0.05) is 31.7 Å². The highest BCUT2D eigenvalue weighted by atomic mass is 32.1. The van der Waals surface area contributed by atoms with Crippen LogP contribution >= 0.6 is 11.3 Å². The highest BCUT2D eigenvalue weighted by molar-refractivity contribution is 7.10. The Hall–Kier alpha value is -1.13. The molecule has 2 heterocycles. The molecule has 4 heteroatoms. The molecule has 0 aliphatic heterocycles. The predicted molar refractivity (Wildman–Crippen MR) is 84.0 cm³/mol. The minimum absolute atomic E-state index is 0.234. The fraction of sp³-hybridized carbons (Fsp3) is 0.562. The first kappa shape index (κ1) is 13.8. The summed E-state index contributed by atoms with van der Waals surface area (Å²) >= 11 is 1.82. The van der Waals surface area contributed by atoms with E-state index in [-0.39, 0.29) is 6.04 Å². The molecule has 1 N–H and O–H groups in total. The van der Waals surface area contributed by atoms with Crippen molar-refractivity contribution in [2.24, 2.45) is 7.05 Å². The molecule has 0 aromatic carbocycles. The van der Waals surface area contributed by atoms with E-state index >= 15 is 0 Å². The number of hydrogen-bond donors (Lipinski definition) is 1. The average Bonchev–Trinajstić information content (AvgIpc) is 3.05. The van der Waals surface area contributed by atoms with E-state index in [0.717, 1.165) is 5.82 Å². The molecule has 20 heavy (non-hydrogen) atoms. The van der Waals surface area contributed by atoms with Crippen LogP contribution in [0.3, 0.4) is 0 Å². The van der Waals surface area contributed by atoms with Gasteiger partial charge in [0.05, 0.1) is 0 Å². The first-order valence-electron chi connectivity index (χ1n) is 7.61.